The zero-order valence-electron chi connectivity index (χ0n) is 14.9. The summed E-state index contributed by atoms with van der Waals surface area (Å²) in [5, 5.41) is 0.789. The van der Waals surface area contributed by atoms with Gasteiger partial charge in [0.2, 0.25) is 0 Å². The molecule has 0 N–H and O–H groups in total. The average molecular weight is 420 g/mol. The van der Waals surface area contributed by atoms with Gasteiger partial charge in [0.05, 0.1) is 12.3 Å². The Labute approximate surface area is 171 Å². The summed E-state index contributed by atoms with van der Waals surface area (Å²) < 4.78 is 24.8. The van der Waals surface area contributed by atoms with Gasteiger partial charge >= 0.3 is 5.97 Å². The molecule has 1 aromatic heterocycles. The molecule has 0 unspecified atom stereocenters. The number of nitrogens with zero attached hydrogens (tertiary/aromatic N) is 1. The third-order valence-electron chi connectivity index (χ3n) is 3.85. The van der Waals surface area contributed by atoms with Crippen LogP contribution in [0, 0.1) is 5.82 Å². The molecule has 0 saturated heterocycles. The minimum absolute atomic E-state index is 0.00476. The van der Waals surface area contributed by atoms with Crippen LogP contribution in [0.5, 0.6) is 5.75 Å². The van der Waals surface area contributed by atoms with E-state index in [2.05, 4.69) is 4.98 Å². The fourth-order valence-corrected chi connectivity index (χ4v) is 2.86. The lowest BCUT2D eigenvalue weighted by Crippen LogP contribution is -2.07. The van der Waals surface area contributed by atoms with Gasteiger partial charge in [-0.05, 0) is 49.4 Å². The lowest BCUT2D eigenvalue weighted by molar-refractivity contribution is 0.0519. The Hall–Kier alpha value is -2.63. The molecule has 0 bridgehead atoms. The Morgan fingerprint density at radius 3 is 2.57 bits per heavy atom. The van der Waals surface area contributed by atoms with Crippen molar-refractivity contribution in [3.8, 4) is 17.0 Å². The summed E-state index contributed by atoms with van der Waals surface area (Å²) in [6, 6.07) is 14.4. The zero-order valence-corrected chi connectivity index (χ0v) is 16.4. The van der Waals surface area contributed by atoms with Gasteiger partial charge in [0.15, 0.2) is 0 Å². The first-order chi connectivity index (χ1) is 13.5. The molecule has 28 heavy (non-hydrogen) atoms. The predicted molar refractivity (Wildman–Crippen MR) is 106 cm³/mol. The van der Waals surface area contributed by atoms with E-state index in [-0.39, 0.29) is 18.9 Å². The van der Waals surface area contributed by atoms with Crippen molar-refractivity contribution in [3.63, 3.8) is 0 Å². The molecule has 0 spiro atoms. The molecule has 2 aromatic carbocycles. The number of ether oxygens (including phenoxy) is 2. The number of rotatable bonds is 6. The third kappa shape index (κ3) is 4.80. The van der Waals surface area contributed by atoms with Crippen molar-refractivity contribution in [2.24, 2.45) is 0 Å². The molecule has 0 aliphatic carbocycles. The van der Waals surface area contributed by atoms with E-state index in [0.717, 1.165) is 0 Å². The second-order valence-corrected chi connectivity index (χ2v) is 6.67. The van der Waals surface area contributed by atoms with Crippen LogP contribution in [0.2, 0.25) is 10.0 Å². The number of benzene rings is 2. The van der Waals surface area contributed by atoms with Crippen LogP contribution in [-0.2, 0) is 11.3 Å². The smallest absolute Gasteiger partial charge is 0.356 e. The van der Waals surface area contributed by atoms with Crippen molar-refractivity contribution in [3.05, 3.63) is 81.7 Å². The molecule has 3 rings (SSSR count). The van der Waals surface area contributed by atoms with Gasteiger partial charge in [-0.3, -0.25) is 0 Å². The highest BCUT2D eigenvalue weighted by atomic mass is 35.5. The first-order valence-corrected chi connectivity index (χ1v) is 9.24. The average Bonchev–Trinajstić information content (AvgIpc) is 2.68. The van der Waals surface area contributed by atoms with E-state index in [1.807, 2.05) is 0 Å². The number of halogens is 3. The van der Waals surface area contributed by atoms with E-state index < -0.39 is 11.8 Å². The van der Waals surface area contributed by atoms with E-state index in [4.69, 9.17) is 32.7 Å². The summed E-state index contributed by atoms with van der Waals surface area (Å²) >= 11 is 11.9. The highest BCUT2D eigenvalue weighted by Gasteiger charge is 2.14. The van der Waals surface area contributed by atoms with Crippen molar-refractivity contribution in [2.75, 3.05) is 6.61 Å². The van der Waals surface area contributed by atoms with Crippen molar-refractivity contribution in [1.82, 2.24) is 4.98 Å². The highest BCUT2D eigenvalue weighted by molar-refractivity contribution is 6.31. The van der Waals surface area contributed by atoms with E-state index >= 15 is 0 Å². The quantitative estimate of drug-likeness (QED) is 0.463. The lowest BCUT2D eigenvalue weighted by atomic mass is 10.1. The van der Waals surface area contributed by atoms with Gasteiger partial charge in [0, 0.05) is 21.2 Å². The summed E-state index contributed by atoms with van der Waals surface area (Å²) in [4.78, 5) is 16.3. The van der Waals surface area contributed by atoms with Gasteiger partial charge < -0.3 is 9.47 Å². The van der Waals surface area contributed by atoms with E-state index in [0.29, 0.717) is 32.6 Å². The lowest BCUT2D eigenvalue weighted by Gasteiger charge is -2.13. The Bertz CT molecular complexity index is 1010. The van der Waals surface area contributed by atoms with Gasteiger partial charge in [-0.1, -0.05) is 35.3 Å². The molecular formula is C21H16Cl2FNO3. The number of hydrogen-bond acceptors (Lipinski definition) is 4. The van der Waals surface area contributed by atoms with Crippen LogP contribution in [-0.4, -0.2) is 17.6 Å². The van der Waals surface area contributed by atoms with Crippen molar-refractivity contribution in [1.29, 1.82) is 0 Å². The predicted octanol–water partition coefficient (Wildman–Crippen LogP) is 5.95. The van der Waals surface area contributed by atoms with Gasteiger partial charge in [0.1, 0.15) is 23.9 Å². The Balaban J connectivity index is 1.91. The topological polar surface area (TPSA) is 48.4 Å². The summed E-state index contributed by atoms with van der Waals surface area (Å²) in [7, 11) is 0. The maximum atomic E-state index is 14.0. The van der Waals surface area contributed by atoms with Crippen LogP contribution in [0.3, 0.4) is 0 Å². The van der Waals surface area contributed by atoms with E-state index in [1.165, 1.54) is 6.07 Å². The summed E-state index contributed by atoms with van der Waals surface area (Å²) in [5.74, 6) is -0.519. The van der Waals surface area contributed by atoms with Crippen LogP contribution >= 0.6 is 23.2 Å². The molecule has 0 aliphatic rings. The number of hydrogen-bond donors (Lipinski definition) is 0. The normalized spacial score (nSPS) is 10.6. The first-order valence-electron chi connectivity index (χ1n) is 8.48. The van der Waals surface area contributed by atoms with Crippen LogP contribution < -0.4 is 4.74 Å². The third-order valence-corrected chi connectivity index (χ3v) is 4.32. The number of esters is 1. The number of aromatic nitrogens is 1. The minimum atomic E-state index is -0.517. The second-order valence-electron chi connectivity index (χ2n) is 5.79. The van der Waals surface area contributed by atoms with Crippen LogP contribution in [0.25, 0.3) is 11.3 Å². The fraction of sp³-hybridized carbons (Fsp3) is 0.143. The van der Waals surface area contributed by atoms with Crippen LogP contribution in [0.15, 0.2) is 54.6 Å². The van der Waals surface area contributed by atoms with Gasteiger partial charge in [0.25, 0.3) is 0 Å². The molecule has 7 heteroatoms. The molecule has 0 saturated carbocycles. The maximum absolute atomic E-state index is 14.0. The number of carbonyl (C=O) groups is 1. The molecule has 3 aromatic rings. The minimum Gasteiger partial charge on any atom is -0.488 e. The summed E-state index contributed by atoms with van der Waals surface area (Å²) in [6.45, 7) is 1.97. The standard InChI is InChI=1S/C21H16Cl2FNO3/c1-2-27-21(26)19-5-3-4-18(25-19)16-10-14(22)8-9-20(16)28-12-13-6-7-15(23)11-17(13)24/h3-11H,2,12H2,1H3. The molecular weight excluding hydrogens is 404 g/mol. The Morgan fingerprint density at radius 2 is 1.82 bits per heavy atom. The second kappa shape index (κ2) is 9.04. The van der Waals surface area contributed by atoms with Crippen molar-refractivity contribution >= 4 is 29.2 Å². The van der Waals surface area contributed by atoms with Gasteiger partial charge in [-0.15, -0.1) is 0 Å². The molecule has 0 atom stereocenters. The highest BCUT2D eigenvalue weighted by Crippen LogP contribution is 2.32. The van der Waals surface area contributed by atoms with Crippen LogP contribution in [0.4, 0.5) is 4.39 Å². The van der Waals surface area contributed by atoms with Crippen molar-refractivity contribution < 1.29 is 18.7 Å². The van der Waals surface area contributed by atoms with E-state index in [9.17, 15) is 9.18 Å². The molecule has 0 fully saturated rings. The van der Waals surface area contributed by atoms with Crippen molar-refractivity contribution in [2.45, 2.75) is 13.5 Å². The molecule has 0 aliphatic heterocycles. The number of pyridine rings is 1. The molecule has 4 nitrogen and oxygen atoms in total. The Kier molecular flexibility index (Phi) is 6.49. The van der Waals surface area contributed by atoms with Gasteiger partial charge in [-0.25, -0.2) is 14.2 Å². The summed E-state index contributed by atoms with van der Waals surface area (Å²) in [5.41, 5.74) is 1.60. The monoisotopic (exact) mass is 419 g/mol. The molecule has 0 radical (unpaired) electrons. The Morgan fingerprint density at radius 1 is 1.07 bits per heavy atom. The first kappa shape index (κ1) is 20.1. The summed E-state index contributed by atoms with van der Waals surface area (Å²) in [6.07, 6.45) is 0. The van der Waals surface area contributed by atoms with E-state index in [1.54, 1.807) is 55.5 Å². The zero-order chi connectivity index (χ0) is 20.1. The molecule has 144 valence electrons. The fourth-order valence-electron chi connectivity index (χ4n) is 2.53. The SMILES string of the molecule is CCOC(=O)c1cccc(-c2cc(Cl)ccc2OCc2ccc(Cl)cc2F)n1. The van der Waals surface area contributed by atoms with Gasteiger partial charge in [-0.2, -0.15) is 0 Å². The molecule has 1 heterocycles. The molecule has 0 amide bonds. The number of carbonyl (C=O) groups excluding carboxylic acids is 1. The maximum Gasteiger partial charge on any atom is 0.356 e. The largest absolute Gasteiger partial charge is 0.488 e. The van der Waals surface area contributed by atoms with Crippen LogP contribution in [0.1, 0.15) is 23.0 Å².